The average molecular weight is 473 g/mol. The Morgan fingerprint density at radius 2 is 1.87 bits per heavy atom. The van der Waals surface area contributed by atoms with Crippen LogP contribution in [0.15, 0.2) is 23.4 Å². The van der Waals surface area contributed by atoms with Crippen LogP contribution in [-0.2, 0) is 16.9 Å². The number of aryl methyl sites for hydroxylation is 1. The molecule has 2 aromatic rings. The maximum atomic E-state index is 14.8. The number of nitrogens with one attached hydrogen (secondary N) is 1. The number of hydrogen-bond acceptors (Lipinski definition) is 4. The normalized spacial score (nSPS) is 15.9. The Morgan fingerprint density at radius 1 is 1.26 bits per heavy atom. The van der Waals surface area contributed by atoms with Gasteiger partial charge in [0.05, 0.1) is 16.9 Å². The Labute approximate surface area is 171 Å². The molecule has 0 saturated heterocycles. The summed E-state index contributed by atoms with van der Waals surface area (Å²) in [6.07, 6.45) is -7.56. The minimum atomic E-state index is -4.80. The lowest BCUT2D eigenvalue weighted by Crippen LogP contribution is -2.32. The number of pyridine rings is 1. The molecule has 6 nitrogen and oxygen atoms in total. The van der Waals surface area contributed by atoms with Crippen molar-refractivity contribution in [1.29, 1.82) is 0 Å². The van der Waals surface area contributed by atoms with Crippen molar-refractivity contribution in [3.05, 3.63) is 41.5 Å². The summed E-state index contributed by atoms with van der Waals surface area (Å²) < 4.78 is 119. The molecule has 0 bridgehead atoms. The quantitative estimate of drug-likeness (QED) is 0.644. The minimum absolute atomic E-state index is 0.425. The first kappa shape index (κ1) is 23.0. The van der Waals surface area contributed by atoms with Crippen molar-refractivity contribution in [3.63, 3.8) is 0 Å². The van der Waals surface area contributed by atoms with Crippen LogP contribution in [0.4, 0.5) is 36.4 Å². The van der Waals surface area contributed by atoms with Gasteiger partial charge in [-0.3, -0.25) is 9.78 Å². The third-order valence-corrected chi connectivity index (χ3v) is 6.82. The standard InChI is InChI=1S/C17H14F7N3O3S/c1-27-6-9(31(29,30)7-16(3-4-16)17(22,23)24)11(19)13(27)15(28)26-8-2-5-25-12(10(8)18)14(20)21/h2,5-6,14H,3-4,7H2,1H3,(H,25,26,28). The second kappa shape index (κ2) is 7.50. The molecule has 3 rings (SSSR count). The van der Waals surface area contributed by atoms with Crippen molar-refractivity contribution >= 4 is 21.4 Å². The number of rotatable bonds is 6. The van der Waals surface area contributed by atoms with Crippen LogP contribution in [0.25, 0.3) is 0 Å². The summed E-state index contributed by atoms with van der Waals surface area (Å²) in [6.45, 7) is 0. The van der Waals surface area contributed by atoms with Gasteiger partial charge in [-0.25, -0.2) is 26.0 Å². The fourth-order valence-electron chi connectivity index (χ4n) is 3.04. The summed E-state index contributed by atoms with van der Waals surface area (Å²) in [7, 11) is -3.74. The smallest absolute Gasteiger partial charge is 0.343 e. The number of sulfone groups is 1. The summed E-state index contributed by atoms with van der Waals surface area (Å²) in [5, 5.41) is 1.83. The highest BCUT2D eigenvalue weighted by Gasteiger charge is 2.65. The summed E-state index contributed by atoms with van der Waals surface area (Å²) in [6, 6.07) is 0.817. The topological polar surface area (TPSA) is 81.1 Å². The van der Waals surface area contributed by atoms with Gasteiger partial charge in [-0.1, -0.05) is 0 Å². The van der Waals surface area contributed by atoms with E-state index in [1.165, 1.54) is 0 Å². The van der Waals surface area contributed by atoms with E-state index in [2.05, 4.69) is 4.98 Å². The van der Waals surface area contributed by atoms with Crippen molar-refractivity contribution in [3.8, 4) is 0 Å². The Bertz CT molecular complexity index is 1140. The number of carbonyl (C=O) groups excluding carboxylic acids is 1. The zero-order valence-electron chi connectivity index (χ0n) is 15.6. The van der Waals surface area contributed by atoms with Gasteiger partial charge >= 0.3 is 6.18 Å². The minimum Gasteiger partial charge on any atom is -0.343 e. The summed E-state index contributed by atoms with van der Waals surface area (Å²) >= 11 is 0. The molecule has 0 aromatic carbocycles. The predicted octanol–water partition coefficient (Wildman–Crippen LogP) is 4.00. The summed E-state index contributed by atoms with van der Waals surface area (Å²) in [4.78, 5) is 14.4. The number of halogens is 7. The van der Waals surface area contributed by atoms with Crippen LogP contribution >= 0.6 is 0 Å². The molecule has 1 N–H and O–H groups in total. The van der Waals surface area contributed by atoms with Gasteiger partial charge in [0.2, 0.25) is 0 Å². The number of amides is 1. The monoisotopic (exact) mass is 473 g/mol. The molecule has 14 heteroatoms. The van der Waals surface area contributed by atoms with Crippen LogP contribution in [0.3, 0.4) is 0 Å². The average Bonchev–Trinajstić information content (AvgIpc) is 3.34. The van der Waals surface area contributed by atoms with Crippen molar-refractivity contribution in [2.75, 3.05) is 11.1 Å². The van der Waals surface area contributed by atoms with Gasteiger partial charge < -0.3 is 9.88 Å². The highest BCUT2D eigenvalue weighted by Crippen LogP contribution is 2.58. The molecule has 0 spiro atoms. The molecule has 1 aliphatic carbocycles. The Hall–Kier alpha value is -2.64. The molecule has 2 heterocycles. The van der Waals surface area contributed by atoms with E-state index in [0.717, 1.165) is 19.3 Å². The number of aromatic nitrogens is 2. The van der Waals surface area contributed by atoms with Crippen molar-refractivity contribution in [2.45, 2.75) is 30.3 Å². The van der Waals surface area contributed by atoms with Crippen LogP contribution < -0.4 is 5.32 Å². The van der Waals surface area contributed by atoms with Crippen LogP contribution in [0.5, 0.6) is 0 Å². The third-order valence-electron chi connectivity index (χ3n) is 4.93. The van der Waals surface area contributed by atoms with Gasteiger partial charge in [0.15, 0.2) is 21.5 Å². The fraction of sp³-hybridized carbons (Fsp3) is 0.412. The first-order chi connectivity index (χ1) is 14.2. The van der Waals surface area contributed by atoms with E-state index in [-0.39, 0.29) is 0 Å². The highest BCUT2D eigenvalue weighted by molar-refractivity contribution is 7.91. The van der Waals surface area contributed by atoms with Gasteiger partial charge in [0, 0.05) is 19.4 Å². The maximum Gasteiger partial charge on any atom is 0.395 e. The lowest BCUT2D eigenvalue weighted by atomic mass is 10.1. The largest absolute Gasteiger partial charge is 0.395 e. The SMILES string of the molecule is Cn1cc(S(=O)(=O)CC2(C(F)(F)F)CC2)c(F)c1C(=O)Nc1ccnc(C(F)F)c1F. The lowest BCUT2D eigenvalue weighted by Gasteiger charge is -2.18. The van der Waals surface area contributed by atoms with E-state index in [9.17, 15) is 43.9 Å². The molecule has 1 aliphatic rings. The summed E-state index contributed by atoms with van der Waals surface area (Å²) in [5.41, 5.74) is -5.45. The second-order valence-corrected chi connectivity index (χ2v) is 9.07. The third kappa shape index (κ3) is 4.12. The van der Waals surface area contributed by atoms with E-state index < -0.39 is 86.0 Å². The van der Waals surface area contributed by atoms with Crippen LogP contribution in [-0.4, -0.2) is 35.8 Å². The molecular formula is C17H14F7N3O3S. The van der Waals surface area contributed by atoms with Crippen LogP contribution in [0.1, 0.15) is 35.4 Å². The molecule has 1 amide bonds. The van der Waals surface area contributed by atoms with Gasteiger partial charge in [-0.2, -0.15) is 13.2 Å². The zero-order chi connectivity index (χ0) is 23.4. The molecule has 1 fully saturated rings. The van der Waals surface area contributed by atoms with Crippen molar-refractivity contribution in [2.24, 2.45) is 12.5 Å². The number of alkyl halides is 5. The van der Waals surface area contributed by atoms with Gasteiger partial charge in [-0.05, 0) is 18.9 Å². The Balaban J connectivity index is 1.92. The molecule has 0 unspecified atom stereocenters. The number of anilines is 1. The zero-order valence-corrected chi connectivity index (χ0v) is 16.4. The predicted molar refractivity (Wildman–Crippen MR) is 92.3 cm³/mol. The van der Waals surface area contributed by atoms with Gasteiger partial charge in [0.25, 0.3) is 12.3 Å². The van der Waals surface area contributed by atoms with Crippen LogP contribution in [0, 0.1) is 17.0 Å². The van der Waals surface area contributed by atoms with Crippen molar-refractivity contribution < 1.29 is 43.9 Å². The van der Waals surface area contributed by atoms with Crippen molar-refractivity contribution in [1.82, 2.24) is 9.55 Å². The van der Waals surface area contributed by atoms with E-state index in [0.29, 0.717) is 10.8 Å². The Kier molecular flexibility index (Phi) is 5.57. The van der Waals surface area contributed by atoms with Gasteiger partial charge in [-0.15, -0.1) is 0 Å². The number of hydrogen-bond donors (Lipinski definition) is 1. The Morgan fingerprint density at radius 3 is 2.39 bits per heavy atom. The lowest BCUT2D eigenvalue weighted by molar-refractivity contribution is -0.180. The molecule has 31 heavy (non-hydrogen) atoms. The first-order valence-corrected chi connectivity index (χ1v) is 10.2. The van der Waals surface area contributed by atoms with E-state index in [4.69, 9.17) is 0 Å². The molecule has 0 aliphatic heterocycles. The maximum absolute atomic E-state index is 14.8. The fourth-order valence-corrected chi connectivity index (χ4v) is 5.06. The molecule has 0 radical (unpaired) electrons. The second-order valence-electron chi connectivity index (χ2n) is 7.12. The molecule has 170 valence electrons. The number of carbonyl (C=O) groups is 1. The molecule has 0 atom stereocenters. The number of nitrogens with zero attached hydrogens (tertiary/aromatic N) is 2. The van der Waals surface area contributed by atoms with E-state index in [1.807, 2.05) is 5.32 Å². The molecule has 1 saturated carbocycles. The van der Waals surface area contributed by atoms with Gasteiger partial charge in [0.1, 0.15) is 16.3 Å². The first-order valence-electron chi connectivity index (χ1n) is 8.58. The molecule has 2 aromatic heterocycles. The van der Waals surface area contributed by atoms with Crippen LogP contribution in [0.2, 0.25) is 0 Å². The molecular weight excluding hydrogens is 459 g/mol. The summed E-state index contributed by atoms with van der Waals surface area (Å²) in [5.74, 6) is -6.00. The highest BCUT2D eigenvalue weighted by atomic mass is 32.2. The van der Waals surface area contributed by atoms with E-state index >= 15 is 0 Å². The van der Waals surface area contributed by atoms with E-state index in [1.54, 1.807) is 0 Å².